The average molecular weight is 503 g/mol. The standard InChI is InChI=1S/C20H38N8O5S/c21-8-2-1-6-13(26-16(29)12(22)5-3-9-25-20(23)24)18(31)28-10-4-7-15(28)17(30)27-14(11-34)19(32)33/h12-15,34H,1-11,21-22H2,(H,26,29)(H,27,30)(H,32,33)(H4,23,24,25). The number of guanidine groups is 1. The largest absolute Gasteiger partial charge is 0.480 e. The number of nitrogens with zero attached hydrogens (tertiary/aromatic N) is 2. The van der Waals surface area contributed by atoms with Crippen LogP contribution in [0.5, 0.6) is 0 Å². The molecule has 1 saturated heterocycles. The van der Waals surface area contributed by atoms with Gasteiger partial charge in [0.2, 0.25) is 17.7 Å². The lowest BCUT2D eigenvalue weighted by atomic mass is 10.1. The summed E-state index contributed by atoms with van der Waals surface area (Å²) in [5.74, 6) is -2.79. The van der Waals surface area contributed by atoms with Crippen LogP contribution in [0.15, 0.2) is 4.99 Å². The first-order valence-corrected chi connectivity index (χ1v) is 12.0. The number of carbonyl (C=O) groups excluding carboxylic acids is 3. The van der Waals surface area contributed by atoms with Gasteiger partial charge >= 0.3 is 5.97 Å². The molecule has 4 unspecified atom stereocenters. The van der Waals surface area contributed by atoms with Gasteiger partial charge in [-0.2, -0.15) is 12.6 Å². The third-order valence-electron chi connectivity index (χ3n) is 5.50. The van der Waals surface area contributed by atoms with Gasteiger partial charge in [-0.25, -0.2) is 4.79 Å². The number of thiol groups is 1. The van der Waals surface area contributed by atoms with E-state index in [1.165, 1.54) is 4.90 Å². The third-order valence-corrected chi connectivity index (χ3v) is 5.87. The average Bonchev–Trinajstić information content (AvgIpc) is 3.28. The lowest BCUT2D eigenvalue weighted by molar-refractivity contribution is -0.144. The van der Waals surface area contributed by atoms with E-state index in [2.05, 4.69) is 28.3 Å². The smallest absolute Gasteiger partial charge is 0.327 e. The number of aliphatic carboxylic acids is 1. The fourth-order valence-corrected chi connectivity index (χ4v) is 3.88. The van der Waals surface area contributed by atoms with Crippen LogP contribution in [0, 0.1) is 0 Å². The Morgan fingerprint density at radius 2 is 1.79 bits per heavy atom. The second-order valence-corrected chi connectivity index (χ2v) is 8.54. The zero-order valence-corrected chi connectivity index (χ0v) is 20.2. The molecule has 1 aliphatic heterocycles. The van der Waals surface area contributed by atoms with Gasteiger partial charge in [-0.15, -0.1) is 0 Å². The minimum absolute atomic E-state index is 0.0446. The van der Waals surface area contributed by atoms with E-state index in [4.69, 9.17) is 22.9 Å². The number of unbranched alkanes of at least 4 members (excludes halogenated alkanes) is 1. The van der Waals surface area contributed by atoms with Crippen molar-refractivity contribution < 1.29 is 24.3 Å². The van der Waals surface area contributed by atoms with Crippen LogP contribution in [-0.4, -0.2) is 89.2 Å². The van der Waals surface area contributed by atoms with Gasteiger partial charge in [0, 0.05) is 18.8 Å². The van der Waals surface area contributed by atoms with Crippen LogP contribution >= 0.6 is 12.6 Å². The van der Waals surface area contributed by atoms with Crippen LogP contribution in [0.4, 0.5) is 0 Å². The molecule has 4 atom stereocenters. The SMILES string of the molecule is NCCCCC(NC(=O)C(N)CCCN=C(N)N)C(=O)N1CCCC1C(=O)NC(CS)C(=O)O. The van der Waals surface area contributed by atoms with E-state index in [0.29, 0.717) is 64.6 Å². The summed E-state index contributed by atoms with van der Waals surface area (Å²) in [6.45, 7) is 1.09. The highest BCUT2D eigenvalue weighted by Gasteiger charge is 2.38. The van der Waals surface area contributed by atoms with Crippen molar-refractivity contribution in [3.8, 4) is 0 Å². The van der Waals surface area contributed by atoms with Gasteiger partial charge in [0.05, 0.1) is 6.04 Å². The summed E-state index contributed by atoms with van der Waals surface area (Å²) in [6, 6.07) is -3.72. The van der Waals surface area contributed by atoms with E-state index < -0.39 is 47.9 Å². The number of likely N-dealkylation sites (tertiary alicyclic amines) is 1. The molecule has 3 amide bonds. The van der Waals surface area contributed by atoms with Crippen molar-refractivity contribution >= 4 is 42.3 Å². The normalized spacial score (nSPS) is 18.0. The van der Waals surface area contributed by atoms with E-state index >= 15 is 0 Å². The molecule has 34 heavy (non-hydrogen) atoms. The summed E-state index contributed by atoms with van der Waals surface area (Å²) in [7, 11) is 0. The number of aliphatic imine (C=N–C) groups is 1. The van der Waals surface area contributed by atoms with E-state index in [0.717, 1.165) is 0 Å². The minimum Gasteiger partial charge on any atom is -0.480 e. The number of nitrogens with one attached hydrogen (secondary N) is 2. The molecule has 0 spiro atoms. The monoisotopic (exact) mass is 502 g/mol. The second kappa shape index (κ2) is 15.3. The summed E-state index contributed by atoms with van der Waals surface area (Å²) in [5.41, 5.74) is 22.1. The van der Waals surface area contributed by atoms with Crippen molar-refractivity contribution in [3.05, 3.63) is 0 Å². The Morgan fingerprint density at radius 3 is 2.38 bits per heavy atom. The van der Waals surface area contributed by atoms with Gasteiger partial charge in [-0.1, -0.05) is 0 Å². The number of carboxylic acid groups (broad SMARTS) is 1. The lowest BCUT2D eigenvalue weighted by Crippen LogP contribution is -2.57. The summed E-state index contributed by atoms with van der Waals surface area (Å²) < 4.78 is 0. The number of hydrogen-bond acceptors (Lipinski definition) is 8. The molecular weight excluding hydrogens is 464 g/mol. The zero-order valence-electron chi connectivity index (χ0n) is 19.3. The number of carboxylic acids is 1. The van der Waals surface area contributed by atoms with Crippen molar-refractivity contribution in [2.75, 3.05) is 25.4 Å². The maximum absolute atomic E-state index is 13.3. The number of hydrogen-bond donors (Lipinski definition) is 8. The number of amides is 3. The van der Waals surface area contributed by atoms with Crippen molar-refractivity contribution in [1.82, 2.24) is 15.5 Å². The van der Waals surface area contributed by atoms with Crippen molar-refractivity contribution in [2.45, 2.75) is 69.1 Å². The number of nitrogens with two attached hydrogens (primary N) is 4. The molecule has 0 bridgehead atoms. The van der Waals surface area contributed by atoms with Crippen LogP contribution < -0.4 is 33.6 Å². The molecule has 0 aromatic heterocycles. The molecule has 1 rings (SSSR count). The molecule has 11 N–H and O–H groups in total. The van der Waals surface area contributed by atoms with E-state index in [-0.39, 0.29) is 11.7 Å². The highest BCUT2D eigenvalue weighted by Crippen LogP contribution is 2.20. The van der Waals surface area contributed by atoms with Gasteiger partial charge in [-0.3, -0.25) is 19.4 Å². The molecule has 0 aromatic carbocycles. The maximum Gasteiger partial charge on any atom is 0.327 e. The Kier molecular flexibility index (Phi) is 13.3. The molecule has 13 nitrogen and oxygen atoms in total. The number of rotatable bonds is 15. The highest BCUT2D eigenvalue weighted by atomic mass is 32.1. The summed E-state index contributed by atoms with van der Waals surface area (Å²) >= 11 is 3.95. The minimum atomic E-state index is -1.21. The fraction of sp³-hybridized carbons (Fsp3) is 0.750. The molecule has 0 radical (unpaired) electrons. The predicted molar refractivity (Wildman–Crippen MR) is 131 cm³/mol. The van der Waals surface area contributed by atoms with E-state index in [1.807, 2.05) is 0 Å². The Labute approximate surface area is 204 Å². The van der Waals surface area contributed by atoms with Gasteiger partial charge in [0.1, 0.15) is 18.1 Å². The predicted octanol–water partition coefficient (Wildman–Crippen LogP) is -2.53. The van der Waals surface area contributed by atoms with Gasteiger partial charge in [0.15, 0.2) is 5.96 Å². The van der Waals surface area contributed by atoms with Gasteiger partial charge < -0.3 is 43.6 Å². The summed E-state index contributed by atoms with van der Waals surface area (Å²) in [5, 5.41) is 14.3. The Balaban J connectivity index is 2.84. The third kappa shape index (κ3) is 9.73. The second-order valence-electron chi connectivity index (χ2n) is 8.17. The molecule has 0 saturated carbocycles. The lowest BCUT2D eigenvalue weighted by Gasteiger charge is -2.30. The molecule has 0 aromatic rings. The van der Waals surface area contributed by atoms with Crippen LogP contribution in [-0.2, 0) is 19.2 Å². The van der Waals surface area contributed by atoms with Crippen LogP contribution in [0.3, 0.4) is 0 Å². The van der Waals surface area contributed by atoms with Crippen molar-refractivity contribution in [1.29, 1.82) is 0 Å². The molecule has 194 valence electrons. The topological polar surface area (TPSA) is 232 Å². The van der Waals surface area contributed by atoms with Crippen molar-refractivity contribution in [3.63, 3.8) is 0 Å². The first-order valence-electron chi connectivity index (χ1n) is 11.4. The van der Waals surface area contributed by atoms with Crippen molar-refractivity contribution in [2.24, 2.45) is 27.9 Å². The Hall–Kier alpha value is -2.58. The fourth-order valence-electron chi connectivity index (χ4n) is 3.64. The van der Waals surface area contributed by atoms with Crippen LogP contribution in [0.25, 0.3) is 0 Å². The Bertz CT molecular complexity index is 734. The summed E-state index contributed by atoms with van der Waals surface area (Å²) in [4.78, 5) is 55.1. The highest BCUT2D eigenvalue weighted by molar-refractivity contribution is 7.80. The van der Waals surface area contributed by atoms with E-state index in [9.17, 15) is 24.3 Å². The number of carbonyl (C=O) groups is 4. The van der Waals surface area contributed by atoms with Crippen LogP contribution in [0.2, 0.25) is 0 Å². The molecular formula is C20H38N8O5S. The van der Waals surface area contributed by atoms with Gasteiger partial charge in [0.25, 0.3) is 0 Å². The molecule has 1 heterocycles. The van der Waals surface area contributed by atoms with Crippen LogP contribution in [0.1, 0.15) is 44.9 Å². The quantitative estimate of drug-likeness (QED) is 0.0509. The molecule has 0 aliphatic carbocycles. The van der Waals surface area contributed by atoms with E-state index in [1.54, 1.807) is 0 Å². The molecule has 14 heteroatoms. The summed E-state index contributed by atoms with van der Waals surface area (Å²) in [6.07, 6.45) is 3.38. The molecule has 1 fully saturated rings. The Morgan fingerprint density at radius 1 is 1.09 bits per heavy atom. The first-order chi connectivity index (χ1) is 16.1. The maximum atomic E-state index is 13.3. The first kappa shape index (κ1) is 29.5. The zero-order chi connectivity index (χ0) is 25.7. The van der Waals surface area contributed by atoms with Gasteiger partial charge in [-0.05, 0) is 51.5 Å². The molecule has 1 aliphatic rings.